The van der Waals surface area contributed by atoms with Gasteiger partial charge in [-0.15, -0.1) is 0 Å². The third-order valence-corrected chi connectivity index (χ3v) is 4.34. The lowest BCUT2D eigenvalue weighted by Gasteiger charge is -2.20. The first-order chi connectivity index (χ1) is 12.2. The minimum atomic E-state index is -0.133. The summed E-state index contributed by atoms with van der Waals surface area (Å²) >= 11 is 0. The number of imidazole rings is 1. The van der Waals surface area contributed by atoms with E-state index in [0.29, 0.717) is 30.9 Å². The fraction of sp³-hybridized carbons (Fsp3) is 0.444. The fourth-order valence-corrected chi connectivity index (χ4v) is 2.94. The average Bonchev–Trinajstić information content (AvgIpc) is 3.10. The van der Waals surface area contributed by atoms with Gasteiger partial charge in [0.25, 0.3) is 5.91 Å². The summed E-state index contributed by atoms with van der Waals surface area (Å²) in [6.07, 6.45) is 11.3. The molecule has 0 radical (unpaired) electrons. The molecule has 1 fully saturated rings. The molecule has 7 heteroatoms. The second-order valence-corrected chi connectivity index (χ2v) is 6.17. The molecule has 0 aromatic carbocycles. The van der Waals surface area contributed by atoms with Crippen molar-refractivity contribution in [2.45, 2.75) is 32.1 Å². The second kappa shape index (κ2) is 8.41. The Morgan fingerprint density at radius 3 is 3.00 bits per heavy atom. The Hall–Kier alpha value is -2.70. The number of nitrogens with one attached hydrogen (secondary N) is 1. The number of rotatable bonds is 6. The van der Waals surface area contributed by atoms with Crippen LogP contribution >= 0.6 is 0 Å². The standard InChI is InChI=1S/C18H23N5O2/c24-17-5-2-1-3-10-22(17)11-4-7-21-18(25)15-6-8-20-16(13-15)23-12-9-19-14-23/h6,8-9,12-14H,1-5,7,10-11H2,(H,21,25). The predicted octanol–water partition coefficient (Wildman–Crippen LogP) is 1.79. The number of hydrogen-bond acceptors (Lipinski definition) is 4. The van der Waals surface area contributed by atoms with Crippen LogP contribution in [0.15, 0.2) is 37.1 Å². The molecule has 7 nitrogen and oxygen atoms in total. The topological polar surface area (TPSA) is 80.1 Å². The van der Waals surface area contributed by atoms with Gasteiger partial charge in [-0.25, -0.2) is 9.97 Å². The highest BCUT2D eigenvalue weighted by atomic mass is 16.2. The van der Waals surface area contributed by atoms with Crippen molar-refractivity contribution in [3.63, 3.8) is 0 Å². The van der Waals surface area contributed by atoms with Crippen molar-refractivity contribution < 1.29 is 9.59 Å². The van der Waals surface area contributed by atoms with Crippen molar-refractivity contribution >= 4 is 11.8 Å². The number of amides is 2. The van der Waals surface area contributed by atoms with Gasteiger partial charge in [0.15, 0.2) is 0 Å². The summed E-state index contributed by atoms with van der Waals surface area (Å²) in [4.78, 5) is 34.4. The van der Waals surface area contributed by atoms with Crippen molar-refractivity contribution in [1.29, 1.82) is 0 Å². The van der Waals surface area contributed by atoms with E-state index in [2.05, 4.69) is 15.3 Å². The maximum Gasteiger partial charge on any atom is 0.251 e. The Labute approximate surface area is 147 Å². The molecule has 0 bridgehead atoms. The van der Waals surface area contributed by atoms with Crippen LogP contribution in [0, 0.1) is 0 Å². The van der Waals surface area contributed by atoms with Gasteiger partial charge in [-0.1, -0.05) is 6.42 Å². The molecule has 1 saturated heterocycles. The minimum Gasteiger partial charge on any atom is -0.352 e. The lowest BCUT2D eigenvalue weighted by atomic mass is 10.2. The summed E-state index contributed by atoms with van der Waals surface area (Å²) in [5.41, 5.74) is 0.560. The van der Waals surface area contributed by atoms with Gasteiger partial charge in [-0.3, -0.25) is 14.2 Å². The number of pyridine rings is 1. The van der Waals surface area contributed by atoms with Crippen LogP contribution in [-0.4, -0.2) is 50.9 Å². The Morgan fingerprint density at radius 2 is 2.16 bits per heavy atom. The normalized spacial score (nSPS) is 15.0. The van der Waals surface area contributed by atoms with Crippen LogP contribution in [0.1, 0.15) is 42.5 Å². The number of aromatic nitrogens is 3. The summed E-state index contributed by atoms with van der Waals surface area (Å²) in [6, 6.07) is 3.42. The van der Waals surface area contributed by atoms with Gasteiger partial charge in [0, 0.05) is 50.2 Å². The van der Waals surface area contributed by atoms with Gasteiger partial charge in [-0.2, -0.15) is 0 Å². The van der Waals surface area contributed by atoms with Crippen LogP contribution in [-0.2, 0) is 4.79 Å². The molecular weight excluding hydrogens is 318 g/mol. The van der Waals surface area contributed by atoms with Gasteiger partial charge in [0.05, 0.1) is 0 Å². The van der Waals surface area contributed by atoms with Crippen LogP contribution in [0.5, 0.6) is 0 Å². The average molecular weight is 341 g/mol. The Balaban J connectivity index is 1.48. The zero-order valence-corrected chi connectivity index (χ0v) is 14.2. The lowest BCUT2D eigenvalue weighted by molar-refractivity contribution is -0.130. The number of carbonyl (C=O) groups is 2. The van der Waals surface area contributed by atoms with Gasteiger partial charge in [-0.05, 0) is 31.4 Å². The van der Waals surface area contributed by atoms with Crippen molar-refractivity contribution in [3.8, 4) is 5.82 Å². The summed E-state index contributed by atoms with van der Waals surface area (Å²) in [5.74, 6) is 0.759. The highest BCUT2D eigenvalue weighted by Crippen LogP contribution is 2.11. The van der Waals surface area contributed by atoms with Gasteiger partial charge < -0.3 is 10.2 Å². The van der Waals surface area contributed by atoms with Gasteiger partial charge >= 0.3 is 0 Å². The zero-order chi connectivity index (χ0) is 17.5. The Bertz CT molecular complexity index is 714. The fourth-order valence-electron chi connectivity index (χ4n) is 2.94. The molecule has 0 spiro atoms. The molecule has 0 aliphatic carbocycles. The molecule has 2 aromatic heterocycles. The van der Waals surface area contributed by atoms with Gasteiger partial charge in [0.1, 0.15) is 12.1 Å². The van der Waals surface area contributed by atoms with E-state index < -0.39 is 0 Å². The van der Waals surface area contributed by atoms with Crippen LogP contribution in [0.4, 0.5) is 0 Å². The maximum atomic E-state index is 12.3. The smallest absolute Gasteiger partial charge is 0.251 e. The van der Waals surface area contributed by atoms with Crippen molar-refractivity contribution in [2.75, 3.05) is 19.6 Å². The molecule has 0 unspecified atom stereocenters. The summed E-state index contributed by atoms with van der Waals surface area (Å²) in [7, 11) is 0. The maximum absolute atomic E-state index is 12.3. The number of nitrogens with zero attached hydrogens (tertiary/aromatic N) is 4. The van der Waals surface area contributed by atoms with Crippen molar-refractivity contribution in [3.05, 3.63) is 42.6 Å². The SMILES string of the molecule is O=C(NCCCN1CCCCCC1=O)c1ccnc(-n2ccnc2)c1. The van der Waals surface area contributed by atoms with E-state index in [1.807, 2.05) is 4.90 Å². The summed E-state index contributed by atoms with van der Waals surface area (Å²) < 4.78 is 1.75. The second-order valence-electron chi connectivity index (χ2n) is 6.17. The molecule has 1 aliphatic heterocycles. The number of carbonyl (C=O) groups excluding carboxylic acids is 2. The lowest BCUT2D eigenvalue weighted by Crippen LogP contribution is -2.34. The molecule has 2 amide bonds. The first-order valence-electron chi connectivity index (χ1n) is 8.74. The van der Waals surface area contributed by atoms with Crippen molar-refractivity contribution in [2.24, 2.45) is 0 Å². The van der Waals surface area contributed by atoms with E-state index in [9.17, 15) is 9.59 Å². The van der Waals surface area contributed by atoms with E-state index in [1.165, 1.54) is 0 Å². The highest BCUT2D eigenvalue weighted by molar-refractivity contribution is 5.94. The molecule has 1 N–H and O–H groups in total. The molecule has 2 aromatic rings. The van der Waals surface area contributed by atoms with E-state index in [4.69, 9.17) is 0 Å². The van der Waals surface area contributed by atoms with Crippen molar-refractivity contribution in [1.82, 2.24) is 24.8 Å². The number of likely N-dealkylation sites (tertiary alicyclic amines) is 1. The molecule has 132 valence electrons. The van der Waals surface area contributed by atoms with Gasteiger partial charge in [0.2, 0.25) is 5.91 Å². The van der Waals surface area contributed by atoms with E-state index in [-0.39, 0.29) is 11.8 Å². The largest absolute Gasteiger partial charge is 0.352 e. The minimum absolute atomic E-state index is 0.133. The molecule has 0 atom stereocenters. The van der Waals surface area contributed by atoms with Crippen LogP contribution in [0.3, 0.4) is 0 Å². The van der Waals surface area contributed by atoms with Crippen LogP contribution < -0.4 is 5.32 Å². The third-order valence-electron chi connectivity index (χ3n) is 4.34. The van der Waals surface area contributed by atoms with E-state index >= 15 is 0 Å². The quantitative estimate of drug-likeness (QED) is 0.812. The van der Waals surface area contributed by atoms with Crippen LogP contribution in [0.2, 0.25) is 0 Å². The first-order valence-corrected chi connectivity index (χ1v) is 8.74. The third kappa shape index (κ3) is 4.65. The zero-order valence-electron chi connectivity index (χ0n) is 14.2. The summed E-state index contributed by atoms with van der Waals surface area (Å²) in [6.45, 7) is 2.09. The van der Waals surface area contributed by atoms with E-state index in [1.54, 1.807) is 41.6 Å². The highest BCUT2D eigenvalue weighted by Gasteiger charge is 2.16. The van der Waals surface area contributed by atoms with E-state index in [0.717, 1.165) is 32.2 Å². The predicted molar refractivity (Wildman–Crippen MR) is 93.4 cm³/mol. The summed E-state index contributed by atoms with van der Waals surface area (Å²) in [5, 5.41) is 2.91. The molecule has 1 aliphatic rings. The molecule has 3 heterocycles. The Kier molecular flexibility index (Phi) is 5.77. The molecule has 0 saturated carbocycles. The first kappa shape index (κ1) is 17.1. The number of hydrogen-bond donors (Lipinski definition) is 1. The van der Waals surface area contributed by atoms with Crippen LogP contribution in [0.25, 0.3) is 5.82 Å². The Morgan fingerprint density at radius 1 is 1.24 bits per heavy atom. The molecule has 3 rings (SSSR count). The monoisotopic (exact) mass is 341 g/mol. The molecule has 25 heavy (non-hydrogen) atoms. The molecular formula is C18H23N5O2.